The minimum Gasteiger partial charge on any atom is -0.394 e. The van der Waals surface area contributed by atoms with E-state index in [2.05, 4.69) is 43.5 Å². The number of unbranched alkanes of at least 4 members (excludes halogenated alkanes) is 26. The number of carbonyl (C=O) groups is 1. The topological polar surface area (TPSA) is 89.8 Å². The predicted octanol–water partition coefficient (Wildman–Crippen LogP) is 12.4. The van der Waals surface area contributed by atoms with Crippen LogP contribution >= 0.6 is 0 Å². The molecule has 0 aliphatic heterocycles. The van der Waals surface area contributed by atoms with Gasteiger partial charge in [-0.15, -0.1) is 0 Å². The molecule has 0 heterocycles. The van der Waals surface area contributed by atoms with Gasteiger partial charge in [-0.1, -0.05) is 204 Å². The Morgan fingerprint density at radius 3 is 1.28 bits per heavy atom. The van der Waals surface area contributed by atoms with Crippen LogP contribution in [-0.2, 0) is 4.79 Å². The van der Waals surface area contributed by atoms with E-state index in [-0.39, 0.29) is 18.9 Å². The van der Waals surface area contributed by atoms with Crippen LogP contribution in [0.2, 0.25) is 0 Å². The number of nitrogens with one attached hydrogen (secondary N) is 1. The lowest BCUT2D eigenvalue weighted by molar-refractivity contribution is -0.124. The van der Waals surface area contributed by atoms with Crippen molar-refractivity contribution in [2.24, 2.45) is 0 Å². The molecule has 4 N–H and O–H groups in total. The first-order chi connectivity index (χ1) is 24.5. The van der Waals surface area contributed by atoms with Crippen LogP contribution in [-0.4, -0.2) is 46.1 Å². The van der Waals surface area contributed by atoms with Gasteiger partial charge in [0, 0.05) is 0 Å². The summed E-state index contributed by atoms with van der Waals surface area (Å²) >= 11 is 0. The summed E-state index contributed by atoms with van der Waals surface area (Å²) in [5.74, 6) is -0.328. The molecule has 3 atom stereocenters. The Morgan fingerprint density at radius 1 is 0.500 bits per heavy atom. The first-order valence-electron chi connectivity index (χ1n) is 21.8. The van der Waals surface area contributed by atoms with Gasteiger partial charge in [0.1, 0.15) is 0 Å². The molecule has 294 valence electrons. The zero-order chi connectivity index (χ0) is 36.6. The Balaban J connectivity index is 3.69. The van der Waals surface area contributed by atoms with Crippen molar-refractivity contribution in [1.82, 2.24) is 5.32 Å². The summed E-state index contributed by atoms with van der Waals surface area (Å²) in [6, 6.07) is -0.764. The molecule has 0 aromatic rings. The summed E-state index contributed by atoms with van der Waals surface area (Å²) in [5, 5.41) is 33.2. The molecule has 0 saturated heterocycles. The van der Waals surface area contributed by atoms with E-state index >= 15 is 0 Å². The molecule has 0 aliphatic rings. The van der Waals surface area contributed by atoms with E-state index in [1.54, 1.807) is 6.08 Å². The fourth-order valence-electron chi connectivity index (χ4n) is 6.55. The second-order valence-electron chi connectivity index (χ2n) is 14.9. The smallest absolute Gasteiger partial charge is 0.222 e. The summed E-state index contributed by atoms with van der Waals surface area (Å²) in [6.07, 6.45) is 50.0. The minimum atomic E-state index is -0.957. The molecule has 0 aromatic heterocycles. The number of amides is 1. The van der Waals surface area contributed by atoms with E-state index in [0.29, 0.717) is 6.42 Å². The number of carbonyl (C=O) groups excluding carboxylic acids is 1. The Kier molecular flexibility index (Phi) is 39.2. The van der Waals surface area contributed by atoms with E-state index in [0.717, 1.165) is 38.5 Å². The van der Waals surface area contributed by atoms with Gasteiger partial charge in [0.05, 0.1) is 31.3 Å². The lowest BCUT2D eigenvalue weighted by Crippen LogP contribution is -2.45. The number of aliphatic hydroxyl groups excluding tert-OH is 3. The van der Waals surface area contributed by atoms with Crippen LogP contribution in [0.1, 0.15) is 219 Å². The highest BCUT2D eigenvalue weighted by Gasteiger charge is 2.20. The van der Waals surface area contributed by atoms with Gasteiger partial charge in [0.2, 0.25) is 5.91 Å². The third-order valence-electron chi connectivity index (χ3n) is 9.91. The Morgan fingerprint density at radius 2 is 0.860 bits per heavy atom. The third kappa shape index (κ3) is 36.4. The van der Waals surface area contributed by atoms with Crippen LogP contribution in [0.3, 0.4) is 0 Å². The van der Waals surface area contributed by atoms with Crippen molar-refractivity contribution in [3.05, 3.63) is 36.5 Å². The van der Waals surface area contributed by atoms with Crippen LogP contribution in [0, 0.1) is 0 Å². The molecule has 0 aliphatic carbocycles. The van der Waals surface area contributed by atoms with Gasteiger partial charge in [-0.3, -0.25) is 4.79 Å². The molecule has 0 bridgehead atoms. The average molecular weight is 704 g/mol. The molecule has 1 amide bonds. The predicted molar refractivity (Wildman–Crippen MR) is 218 cm³/mol. The largest absolute Gasteiger partial charge is 0.394 e. The highest BCUT2D eigenvalue weighted by molar-refractivity contribution is 5.76. The number of aliphatic hydroxyl groups is 3. The normalized spacial score (nSPS) is 13.9. The van der Waals surface area contributed by atoms with Gasteiger partial charge >= 0.3 is 0 Å². The first kappa shape index (κ1) is 48.6. The SMILES string of the molecule is CCCCCCC/C=C/CC/C=C/CC/C=C/C(O)C(CO)NC(=O)CC(O)CCCCCCCCCCCCCCCCCCCCCC. The molecule has 50 heavy (non-hydrogen) atoms. The van der Waals surface area contributed by atoms with E-state index < -0.39 is 18.2 Å². The molecule has 5 heteroatoms. The Bertz CT molecular complexity index is 779. The summed E-state index contributed by atoms with van der Waals surface area (Å²) < 4.78 is 0. The van der Waals surface area contributed by atoms with Crippen LogP contribution < -0.4 is 5.32 Å². The molecule has 0 spiro atoms. The highest BCUT2D eigenvalue weighted by atomic mass is 16.3. The van der Waals surface area contributed by atoms with Crippen molar-refractivity contribution in [1.29, 1.82) is 0 Å². The van der Waals surface area contributed by atoms with Gasteiger partial charge < -0.3 is 20.6 Å². The summed E-state index contributed by atoms with van der Waals surface area (Å²) in [4.78, 5) is 12.4. The number of hydrogen-bond acceptors (Lipinski definition) is 4. The van der Waals surface area contributed by atoms with Gasteiger partial charge in [-0.25, -0.2) is 0 Å². The van der Waals surface area contributed by atoms with Gasteiger partial charge in [-0.2, -0.15) is 0 Å². The van der Waals surface area contributed by atoms with Crippen LogP contribution in [0.4, 0.5) is 0 Å². The molecule has 3 unspecified atom stereocenters. The first-order valence-corrected chi connectivity index (χ1v) is 21.8. The van der Waals surface area contributed by atoms with Crippen molar-refractivity contribution in [2.45, 2.75) is 238 Å². The van der Waals surface area contributed by atoms with E-state index in [1.165, 1.54) is 154 Å². The van der Waals surface area contributed by atoms with Crippen molar-refractivity contribution in [2.75, 3.05) is 6.61 Å². The van der Waals surface area contributed by atoms with Crippen molar-refractivity contribution in [3.8, 4) is 0 Å². The molecule has 0 rings (SSSR count). The maximum Gasteiger partial charge on any atom is 0.222 e. The maximum atomic E-state index is 12.4. The molecular weight excluding hydrogens is 618 g/mol. The minimum absolute atomic E-state index is 0.00496. The van der Waals surface area contributed by atoms with E-state index in [4.69, 9.17) is 0 Å². The zero-order valence-corrected chi connectivity index (χ0v) is 33.3. The summed E-state index contributed by atoms with van der Waals surface area (Å²) in [5.41, 5.74) is 0. The van der Waals surface area contributed by atoms with Gasteiger partial charge in [0.15, 0.2) is 0 Å². The van der Waals surface area contributed by atoms with E-state index in [1.807, 2.05) is 6.08 Å². The molecule has 0 saturated carbocycles. The lowest BCUT2D eigenvalue weighted by Gasteiger charge is -2.21. The number of allylic oxidation sites excluding steroid dienone is 5. The average Bonchev–Trinajstić information content (AvgIpc) is 3.11. The molecule has 0 fully saturated rings. The molecule has 5 nitrogen and oxygen atoms in total. The third-order valence-corrected chi connectivity index (χ3v) is 9.91. The fraction of sp³-hybridized carbons (Fsp3) is 0.844. The standard InChI is InChI=1S/C45H85NO4/c1-3-5-7-9-11-13-15-17-19-20-21-22-23-25-26-28-30-32-34-36-38-42(48)40-45(50)46-43(41-47)44(49)39-37-35-33-31-29-27-24-18-16-14-12-10-8-6-4-2/h16,18,29,31,37,39,42-44,47-49H,3-15,17,19-28,30,32-36,38,40-41H2,1-2H3,(H,46,50)/b18-16+,31-29+,39-37+. The van der Waals surface area contributed by atoms with Crippen molar-refractivity contribution in [3.63, 3.8) is 0 Å². The van der Waals surface area contributed by atoms with Crippen molar-refractivity contribution < 1.29 is 20.1 Å². The summed E-state index contributed by atoms with van der Waals surface area (Å²) in [6.45, 7) is 4.19. The van der Waals surface area contributed by atoms with Gasteiger partial charge in [-0.05, 0) is 44.9 Å². The van der Waals surface area contributed by atoms with Gasteiger partial charge in [0.25, 0.3) is 0 Å². The van der Waals surface area contributed by atoms with E-state index in [9.17, 15) is 20.1 Å². The summed E-state index contributed by atoms with van der Waals surface area (Å²) in [7, 11) is 0. The lowest BCUT2D eigenvalue weighted by atomic mass is 10.0. The van der Waals surface area contributed by atoms with Crippen LogP contribution in [0.15, 0.2) is 36.5 Å². The molecule has 0 radical (unpaired) electrons. The fourth-order valence-corrected chi connectivity index (χ4v) is 6.55. The molecule has 0 aromatic carbocycles. The number of rotatable bonds is 39. The second kappa shape index (κ2) is 40.3. The van der Waals surface area contributed by atoms with Crippen molar-refractivity contribution >= 4 is 5.91 Å². The zero-order valence-electron chi connectivity index (χ0n) is 33.3. The maximum absolute atomic E-state index is 12.4. The molecular formula is C45H85NO4. The second-order valence-corrected chi connectivity index (χ2v) is 14.9. The monoisotopic (exact) mass is 704 g/mol. The number of hydrogen-bond donors (Lipinski definition) is 4. The Hall–Kier alpha value is -1.43. The quantitative estimate of drug-likeness (QED) is 0.0379. The van der Waals surface area contributed by atoms with Crippen LogP contribution in [0.5, 0.6) is 0 Å². The van der Waals surface area contributed by atoms with Crippen LogP contribution in [0.25, 0.3) is 0 Å². The highest BCUT2D eigenvalue weighted by Crippen LogP contribution is 2.16. The Labute approximate surface area is 311 Å².